The molecule has 0 atom stereocenters. The monoisotopic (exact) mass is 459 g/mol. The largest absolute Gasteiger partial charge is 0.355 e. The third-order valence-electron chi connectivity index (χ3n) is 3.92. The Morgan fingerprint density at radius 1 is 0.655 bits per heavy atom. The van der Waals surface area contributed by atoms with Crippen LogP contribution in [0.5, 0.6) is 0 Å². The van der Waals surface area contributed by atoms with Crippen molar-refractivity contribution in [1.29, 1.82) is 0 Å². The molecule has 0 saturated carbocycles. The number of rotatable bonds is 5. The van der Waals surface area contributed by atoms with Crippen LogP contribution in [0.2, 0.25) is 0 Å². The minimum absolute atomic E-state index is 0.00638. The number of nitrogens with one attached hydrogen (secondary N) is 1. The van der Waals surface area contributed by atoms with Gasteiger partial charge >= 0.3 is 0 Å². The SMILES string of the molecule is O=S(=O)(O)c1cc(S(=O)(=O)O)c2c(Nc3ccccc3)ccc(S(=O)(=O)O)c2c1. The van der Waals surface area contributed by atoms with Crippen molar-refractivity contribution < 1.29 is 38.9 Å². The maximum absolute atomic E-state index is 11.9. The van der Waals surface area contributed by atoms with Gasteiger partial charge < -0.3 is 5.32 Å². The van der Waals surface area contributed by atoms with E-state index in [4.69, 9.17) is 0 Å². The van der Waals surface area contributed by atoms with Crippen molar-refractivity contribution in [2.75, 3.05) is 5.32 Å². The normalized spacial score (nSPS) is 12.8. The molecule has 0 heterocycles. The average molecular weight is 459 g/mol. The summed E-state index contributed by atoms with van der Waals surface area (Å²) < 4.78 is 98.9. The lowest BCUT2D eigenvalue weighted by atomic mass is 10.1. The highest BCUT2D eigenvalue weighted by Crippen LogP contribution is 2.37. The zero-order valence-corrected chi connectivity index (χ0v) is 16.7. The molecule has 0 fully saturated rings. The molecule has 3 aromatic carbocycles. The van der Waals surface area contributed by atoms with E-state index < -0.39 is 55.8 Å². The van der Waals surface area contributed by atoms with Gasteiger partial charge in [-0.1, -0.05) is 18.2 Å². The van der Waals surface area contributed by atoms with Gasteiger partial charge in [-0.05, 0) is 36.4 Å². The Morgan fingerprint density at radius 2 is 1.24 bits per heavy atom. The predicted octanol–water partition coefficient (Wildman–Crippen LogP) is 2.32. The lowest BCUT2D eigenvalue weighted by Crippen LogP contribution is -2.08. The molecule has 154 valence electrons. The quantitative estimate of drug-likeness (QED) is 0.414. The zero-order valence-electron chi connectivity index (χ0n) is 14.2. The molecule has 13 heteroatoms. The number of anilines is 2. The summed E-state index contributed by atoms with van der Waals surface area (Å²) >= 11 is 0. The van der Waals surface area contributed by atoms with E-state index in [0.717, 1.165) is 12.1 Å². The molecule has 0 radical (unpaired) electrons. The van der Waals surface area contributed by atoms with Crippen LogP contribution in [0.3, 0.4) is 0 Å². The van der Waals surface area contributed by atoms with Gasteiger partial charge in [0, 0.05) is 22.1 Å². The second-order valence-electron chi connectivity index (χ2n) is 5.87. The third-order valence-corrected chi connectivity index (χ3v) is 6.54. The molecular formula is C16H13NO9S3. The van der Waals surface area contributed by atoms with Crippen molar-refractivity contribution in [1.82, 2.24) is 0 Å². The zero-order chi connectivity index (χ0) is 21.6. The van der Waals surface area contributed by atoms with Crippen LogP contribution >= 0.6 is 0 Å². The topological polar surface area (TPSA) is 175 Å². The molecule has 0 aliphatic heterocycles. The van der Waals surface area contributed by atoms with Crippen LogP contribution in [0.15, 0.2) is 69.3 Å². The first kappa shape index (κ1) is 21.2. The Hall–Kier alpha value is -2.55. The van der Waals surface area contributed by atoms with Gasteiger partial charge in [0.15, 0.2) is 0 Å². The number of para-hydroxylation sites is 1. The van der Waals surface area contributed by atoms with Crippen molar-refractivity contribution in [2.45, 2.75) is 14.7 Å². The molecule has 0 aliphatic carbocycles. The highest BCUT2D eigenvalue weighted by molar-refractivity contribution is 7.87. The maximum atomic E-state index is 11.9. The first-order valence-electron chi connectivity index (χ1n) is 7.64. The predicted molar refractivity (Wildman–Crippen MR) is 103 cm³/mol. The van der Waals surface area contributed by atoms with E-state index >= 15 is 0 Å². The number of hydrogen-bond donors (Lipinski definition) is 4. The molecule has 0 aromatic heterocycles. The first-order chi connectivity index (χ1) is 13.3. The van der Waals surface area contributed by atoms with E-state index in [1.165, 1.54) is 0 Å². The summed E-state index contributed by atoms with van der Waals surface area (Å²) in [6, 6.07) is 11.5. The summed E-state index contributed by atoms with van der Waals surface area (Å²) in [5.41, 5.74) is 0.460. The standard InChI is InChI=1S/C16H13NO9S3/c18-27(19,20)11-8-12-14(28(21,22)23)7-6-13(17-10-4-2-1-3-5-10)16(12)15(9-11)29(24,25)26/h1-9,17H,(H,18,19,20)(H,21,22,23)(H,24,25,26). The molecule has 10 nitrogen and oxygen atoms in total. The summed E-state index contributed by atoms with van der Waals surface area (Å²) in [4.78, 5) is -2.78. The van der Waals surface area contributed by atoms with Crippen LogP contribution in [0.25, 0.3) is 10.8 Å². The maximum Gasteiger partial charge on any atom is 0.295 e. The smallest absolute Gasteiger partial charge is 0.295 e. The van der Waals surface area contributed by atoms with E-state index in [1.54, 1.807) is 30.3 Å². The van der Waals surface area contributed by atoms with Crippen LogP contribution in [0, 0.1) is 0 Å². The molecule has 0 amide bonds. The fourth-order valence-corrected chi connectivity index (χ4v) is 4.79. The van der Waals surface area contributed by atoms with Crippen molar-refractivity contribution in [3.63, 3.8) is 0 Å². The highest BCUT2D eigenvalue weighted by atomic mass is 32.2. The summed E-state index contributed by atoms with van der Waals surface area (Å²) in [6.45, 7) is 0. The first-order valence-corrected chi connectivity index (χ1v) is 12.0. The van der Waals surface area contributed by atoms with Gasteiger partial charge in [-0.15, -0.1) is 0 Å². The molecule has 3 aromatic rings. The second-order valence-corrected chi connectivity index (χ2v) is 10.1. The minimum atomic E-state index is -5.08. The van der Waals surface area contributed by atoms with Crippen molar-refractivity contribution in [3.05, 3.63) is 54.6 Å². The average Bonchev–Trinajstić information content (AvgIpc) is 2.59. The summed E-state index contributed by atoms with van der Waals surface area (Å²) in [7, 11) is -15.0. The Kier molecular flexibility index (Phi) is 5.15. The minimum Gasteiger partial charge on any atom is -0.355 e. The summed E-state index contributed by atoms with van der Waals surface area (Å²) in [5, 5.41) is 1.88. The Morgan fingerprint density at radius 3 is 1.76 bits per heavy atom. The molecule has 0 bridgehead atoms. The van der Waals surface area contributed by atoms with Gasteiger partial charge in [0.25, 0.3) is 30.4 Å². The molecular weight excluding hydrogens is 446 g/mol. The van der Waals surface area contributed by atoms with Crippen LogP contribution in [-0.2, 0) is 30.4 Å². The van der Waals surface area contributed by atoms with Gasteiger partial charge in [-0.3, -0.25) is 13.7 Å². The van der Waals surface area contributed by atoms with Gasteiger partial charge in [0.2, 0.25) is 0 Å². The Labute approximate surface area is 166 Å². The van der Waals surface area contributed by atoms with Gasteiger partial charge in [0.05, 0.1) is 4.90 Å². The molecule has 0 aliphatic rings. The van der Waals surface area contributed by atoms with Gasteiger partial charge in [-0.2, -0.15) is 25.3 Å². The molecule has 0 unspecified atom stereocenters. The Balaban J connectivity index is 2.53. The van der Waals surface area contributed by atoms with Crippen LogP contribution in [-0.4, -0.2) is 38.9 Å². The number of benzene rings is 3. The van der Waals surface area contributed by atoms with Crippen LogP contribution in [0.4, 0.5) is 11.4 Å². The van der Waals surface area contributed by atoms with Gasteiger partial charge in [-0.25, -0.2) is 0 Å². The van der Waals surface area contributed by atoms with Crippen LogP contribution in [0.1, 0.15) is 0 Å². The van der Waals surface area contributed by atoms with Gasteiger partial charge in [0.1, 0.15) is 9.79 Å². The second kappa shape index (κ2) is 7.05. The number of hydrogen-bond acceptors (Lipinski definition) is 7. The number of fused-ring (bicyclic) bond motifs is 1. The molecule has 0 spiro atoms. The fraction of sp³-hybridized carbons (Fsp3) is 0. The fourth-order valence-electron chi connectivity index (χ4n) is 2.75. The third kappa shape index (κ3) is 4.39. The lowest BCUT2D eigenvalue weighted by Gasteiger charge is -2.15. The van der Waals surface area contributed by atoms with E-state index in [9.17, 15) is 38.9 Å². The van der Waals surface area contributed by atoms with E-state index in [-0.39, 0.29) is 5.69 Å². The highest BCUT2D eigenvalue weighted by Gasteiger charge is 2.26. The summed E-state index contributed by atoms with van der Waals surface area (Å²) in [5.74, 6) is 0. The van der Waals surface area contributed by atoms with E-state index in [1.807, 2.05) is 0 Å². The van der Waals surface area contributed by atoms with Crippen molar-refractivity contribution in [2.24, 2.45) is 0 Å². The molecule has 29 heavy (non-hydrogen) atoms. The molecule has 3 rings (SSSR count). The molecule has 0 saturated heterocycles. The van der Waals surface area contributed by atoms with Crippen molar-refractivity contribution >= 4 is 52.5 Å². The lowest BCUT2D eigenvalue weighted by molar-refractivity contribution is 0.478. The van der Waals surface area contributed by atoms with E-state index in [0.29, 0.717) is 17.8 Å². The van der Waals surface area contributed by atoms with E-state index in [2.05, 4.69) is 5.32 Å². The van der Waals surface area contributed by atoms with Crippen LogP contribution < -0.4 is 5.32 Å². The Bertz CT molecular complexity index is 1430. The van der Waals surface area contributed by atoms with Crippen molar-refractivity contribution in [3.8, 4) is 0 Å². The molecule has 4 N–H and O–H groups in total. The summed E-state index contributed by atoms with van der Waals surface area (Å²) in [6.07, 6.45) is 0.